The summed E-state index contributed by atoms with van der Waals surface area (Å²) in [4.78, 5) is 38.3. The Balaban J connectivity index is 4.27. The topological polar surface area (TPSA) is 78.9 Å². The Kier molecular flexibility index (Phi) is 61.8. The second-order valence-electron chi connectivity index (χ2n) is 21.3. The van der Waals surface area contributed by atoms with Crippen LogP contribution in [-0.2, 0) is 28.6 Å². The van der Waals surface area contributed by atoms with Crippen molar-refractivity contribution < 1.29 is 28.6 Å². The van der Waals surface area contributed by atoms with Crippen molar-refractivity contribution >= 4 is 17.9 Å². The molecule has 0 radical (unpaired) electrons. The highest BCUT2D eigenvalue weighted by Crippen LogP contribution is 2.15. The lowest BCUT2D eigenvalue weighted by Crippen LogP contribution is -2.30. The number of hydrogen-bond donors (Lipinski definition) is 0. The number of esters is 3. The van der Waals surface area contributed by atoms with Crippen LogP contribution in [0.15, 0.2) is 122 Å². The molecule has 0 aliphatic heterocycles. The predicted octanol–water partition coefficient (Wildman–Crippen LogP) is 22.4. The maximum absolute atomic E-state index is 12.9. The van der Waals surface area contributed by atoms with Crippen LogP contribution < -0.4 is 0 Å². The van der Waals surface area contributed by atoms with Gasteiger partial charge < -0.3 is 14.2 Å². The molecule has 0 aliphatic rings. The van der Waals surface area contributed by atoms with Crippen LogP contribution in [0.3, 0.4) is 0 Å². The summed E-state index contributed by atoms with van der Waals surface area (Å²) in [5.74, 6) is -0.915. The summed E-state index contributed by atoms with van der Waals surface area (Å²) in [6.45, 7) is 6.45. The Hall–Kier alpha value is -4.19. The third-order valence-corrected chi connectivity index (χ3v) is 13.7. The number of carbonyl (C=O) groups is 3. The Morgan fingerprint density at radius 3 is 0.821 bits per heavy atom. The molecular weight excluding hydrogens is 961 g/mol. The van der Waals surface area contributed by atoms with Gasteiger partial charge in [-0.25, -0.2) is 0 Å². The average molecular weight is 1080 g/mol. The molecule has 0 aromatic carbocycles. The van der Waals surface area contributed by atoms with Crippen LogP contribution >= 0.6 is 0 Å². The van der Waals surface area contributed by atoms with Crippen LogP contribution in [0.4, 0.5) is 0 Å². The summed E-state index contributed by atoms with van der Waals surface area (Å²) in [5, 5.41) is 0. The largest absolute Gasteiger partial charge is 0.462 e. The zero-order valence-corrected chi connectivity index (χ0v) is 50.9. The van der Waals surface area contributed by atoms with Crippen molar-refractivity contribution in [2.24, 2.45) is 0 Å². The molecule has 0 amide bonds. The van der Waals surface area contributed by atoms with Gasteiger partial charge in [-0.05, 0) is 128 Å². The zero-order chi connectivity index (χ0) is 56.4. The molecule has 444 valence electrons. The first-order valence-electron chi connectivity index (χ1n) is 32.5. The molecule has 0 bridgehead atoms. The van der Waals surface area contributed by atoms with Crippen molar-refractivity contribution in [2.75, 3.05) is 13.2 Å². The van der Waals surface area contributed by atoms with Crippen LogP contribution in [0.1, 0.15) is 297 Å². The molecule has 0 saturated heterocycles. The van der Waals surface area contributed by atoms with Gasteiger partial charge in [-0.1, -0.05) is 271 Å². The van der Waals surface area contributed by atoms with E-state index in [0.717, 1.165) is 148 Å². The van der Waals surface area contributed by atoms with E-state index < -0.39 is 6.10 Å². The summed E-state index contributed by atoms with van der Waals surface area (Å²) < 4.78 is 16.9. The van der Waals surface area contributed by atoms with Crippen molar-refractivity contribution in [3.63, 3.8) is 0 Å². The lowest BCUT2D eigenvalue weighted by Gasteiger charge is -2.18. The molecule has 0 aromatic rings. The Morgan fingerprint density at radius 2 is 0.513 bits per heavy atom. The van der Waals surface area contributed by atoms with E-state index in [2.05, 4.69) is 142 Å². The number of unbranched alkanes of at least 4 members (excludes halogenated alkanes) is 27. The lowest BCUT2D eigenvalue weighted by molar-refractivity contribution is -0.167. The van der Waals surface area contributed by atoms with Gasteiger partial charge in [0.15, 0.2) is 6.10 Å². The molecule has 1 unspecified atom stereocenters. The van der Waals surface area contributed by atoms with Gasteiger partial charge in [0, 0.05) is 19.3 Å². The number of allylic oxidation sites excluding steroid dienone is 20. The standard InChI is InChI=1S/C72H120O6/c1-4-7-10-13-16-19-22-25-28-29-30-31-32-33-34-35-36-37-38-39-40-41-42-43-45-47-50-53-56-59-62-65-71(74)77-68-69(67-76-70(73)64-61-58-55-52-49-46-27-24-21-18-15-12-9-6-3)78-72(75)66-63-60-57-54-51-48-44-26-23-20-17-14-11-8-5-2/h7,10,15-20,24-28,30-31,33-34,36-37,44,69H,4-6,8-9,11-14,21-23,29,32,35,38-43,45-68H2,1-3H3/b10-7-,18-15-,19-16-,20-17-,27-24-,28-25-,31-30-,34-33-,37-36-,44-26-. The Labute approximate surface area is 482 Å². The molecule has 0 saturated carbocycles. The fourth-order valence-corrected chi connectivity index (χ4v) is 8.79. The van der Waals surface area contributed by atoms with Gasteiger partial charge in [-0.15, -0.1) is 0 Å². The molecule has 0 rings (SSSR count). The summed E-state index contributed by atoms with van der Waals surface area (Å²) in [6, 6.07) is 0. The minimum Gasteiger partial charge on any atom is -0.462 e. The molecule has 6 heteroatoms. The van der Waals surface area contributed by atoms with E-state index in [1.807, 2.05) is 0 Å². The summed E-state index contributed by atoms with van der Waals surface area (Å²) in [6.07, 6.45) is 90.6. The van der Waals surface area contributed by atoms with E-state index in [1.165, 1.54) is 109 Å². The Morgan fingerprint density at radius 1 is 0.269 bits per heavy atom. The molecular formula is C72H120O6. The average Bonchev–Trinajstić information content (AvgIpc) is 3.44. The van der Waals surface area contributed by atoms with Gasteiger partial charge in [0.2, 0.25) is 0 Å². The maximum Gasteiger partial charge on any atom is 0.306 e. The third-order valence-electron chi connectivity index (χ3n) is 13.7. The first kappa shape index (κ1) is 73.8. The SMILES string of the molecule is CC/C=C\C/C=C\C/C=C\C/C=C\C/C=C\C/C=C\CCCCCCCCCCCCCCC(=O)OCC(COC(=O)CCCCCCC/C=C\C/C=C\CCCC)OC(=O)CCCCCCC/C=C\C/C=C\CCCCC. The number of hydrogen-bond acceptors (Lipinski definition) is 6. The number of rotatable bonds is 58. The fourth-order valence-electron chi connectivity index (χ4n) is 8.79. The first-order chi connectivity index (χ1) is 38.5. The minimum atomic E-state index is -0.795. The first-order valence-corrected chi connectivity index (χ1v) is 32.5. The van der Waals surface area contributed by atoms with Crippen molar-refractivity contribution in [3.05, 3.63) is 122 Å². The third kappa shape index (κ3) is 62.7. The van der Waals surface area contributed by atoms with Gasteiger partial charge in [-0.3, -0.25) is 14.4 Å². The highest BCUT2D eigenvalue weighted by molar-refractivity contribution is 5.71. The van der Waals surface area contributed by atoms with Crippen molar-refractivity contribution in [1.82, 2.24) is 0 Å². The second kappa shape index (κ2) is 65.3. The minimum absolute atomic E-state index is 0.0902. The van der Waals surface area contributed by atoms with Crippen molar-refractivity contribution in [1.29, 1.82) is 0 Å². The molecule has 0 heterocycles. The lowest BCUT2D eigenvalue weighted by atomic mass is 10.0. The highest BCUT2D eigenvalue weighted by atomic mass is 16.6. The summed E-state index contributed by atoms with van der Waals surface area (Å²) in [7, 11) is 0. The van der Waals surface area contributed by atoms with Gasteiger partial charge in [0.25, 0.3) is 0 Å². The van der Waals surface area contributed by atoms with Crippen LogP contribution in [-0.4, -0.2) is 37.2 Å². The van der Waals surface area contributed by atoms with Crippen molar-refractivity contribution in [3.8, 4) is 0 Å². The smallest absolute Gasteiger partial charge is 0.306 e. The molecule has 0 spiro atoms. The van der Waals surface area contributed by atoms with Crippen LogP contribution in [0.5, 0.6) is 0 Å². The van der Waals surface area contributed by atoms with Gasteiger partial charge in [0.05, 0.1) is 0 Å². The van der Waals surface area contributed by atoms with E-state index in [1.54, 1.807) is 0 Å². The van der Waals surface area contributed by atoms with E-state index in [9.17, 15) is 14.4 Å². The van der Waals surface area contributed by atoms with Crippen LogP contribution in [0.2, 0.25) is 0 Å². The fraction of sp³-hybridized carbons (Fsp3) is 0.681. The number of carbonyl (C=O) groups excluding carboxylic acids is 3. The molecule has 0 fully saturated rings. The molecule has 1 atom stereocenters. The molecule has 0 aromatic heterocycles. The molecule has 0 aliphatic carbocycles. The molecule has 0 N–H and O–H groups in total. The van der Waals surface area contributed by atoms with Crippen LogP contribution in [0, 0.1) is 0 Å². The quantitative estimate of drug-likeness (QED) is 0.0261. The van der Waals surface area contributed by atoms with E-state index >= 15 is 0 Å². The van der Waals surface area contributed by atoms with Gasteiger partial charge in [-0.2, -0.15) is 0 Å². The van der Waals surface area contributed by atoms with Gasteiger partial charge >= 0.3 is 17.9 Å². The summed E-state index contributed by atoms with van der Waals surface area (Å²) >= 11 is 0. The molecule has 6 nitrogen and oxygen atoms in total. The monoisotopic (exact) mass is 1080 g/mol. The second-order valence-corrected chi connectivity index (χ2v) is 21.3. The predicted molar refractivity (Wildman–Crippen MR) is 339 cm³/mol. The highest BCUT2D eigenvalue weighted by Gasteiger charge is 2.19. The number of ether oxygens (including phenoxy) is 3. The normalized spacial score (nSPS) is 12.9. The van der Waals surface area contributed by atoms with E-state index in [-0.39, 0.29) is 31.1 Å². The molecule has 78 heavy (non-hydrogen) atoms. The Bertz CT molecular complexity index is 1620. The zero-order valence-electron chi connectivity index (χ0n) is 50.9. The van der Waals surface area contributed by atoms with E-state index in [0.29, 0.717) is 19.3 Å². The summed E-state index contributed by atoms with van der Waals surface area (Å²) in [5.41, 5.74) is 0. The van der Waals surface area contributed by atoms with Crippen molar-refractivity contribution in [2.45, 2.75) is 303 Å². The van der Waals surface area contributed by atoms with Crippen LogP contribution in [0.25, 0.3) is 0 Å². The maximum atomic E-state index is 12.9. The van der Waals surface area contributed by atoms with E-state index in [4.69, 9.17) is 14.2 Å². The van der Waals surface area contributed by atoms with Gasteiger partial charge in [0.1, 0.15) is 13.2 Å².